The molecule has 2 heteroatoms. The second kappa shape index (κ2) is 3.13. The van der Waals surface area contributed by atoms with Gasteiger partial charge >= 0.3 is 0 Å². The average Bonchev–Trinajstić information content (AvgIpc) is 2.98. The van der Waals surface area contributed by atoms with Crippen LogP contribution in [0.25, 0.3) is 0 Å². The molecule has 1 aromatic carbocycles. The lowest BCUT2D eigenvalue weighted by atomic mass is 9.92. The van der Waals surface area contributed by atoms with Gasteiger partial charge in [-0.3, -0.25) is 0 Å². The summed E-state index contributed by atoms with van der Waals surface area (Å²) in [4.78, 5) is 0. The second-order valence-corrected chi connectivity index (χ2v) is 3.80. The van der Waals surface area contributed by atoms with Crippen LogP contribution in [0.3, 0.4) is 0 Å². The van der Waals surface area contributed by atoms with Gasteiger partial charge in [-0.15, -0.1) is 0 Å². The fourth-order valence-corrected chi connectivity index (χ4v) is 1.88. The molecule has 2 nitrogen and oxygen atoms in total. The number of benzene rings is 1. The first-order valence-corrected chi connectivity index (χ1v) is 4.72. The van der Waals surface area contributed by atoms with E-state index in [0.29, 0.717) is 6.54 Å². The highest BCUT2D eigenvalue weighted by atomic mass is 16.3. The standard InChI is InChI=1S/C11H15NO/c12-7-9-3-1-2-4-10(9)11(8-13)5-6-11/h1-4,13H,5-8,12H2. The molecule has 0 saturated heterocycles. The van der Waals surface area contributed by atoms with Gasteiger partial charge in [0.15, 0.2) is 0 Å². The van der Waals surface area contributed by atoms with Crippen molar-refractivity contribution in [1.29, 1.82) is 0 Å². The van der Waals surface area contributed by atoms with Gasteiger partial charge in [-0.05, 0) is 24.0 Å². The largest absolute Gasteiger partial charge is 0.395 e. The van der Waals surface area contributed by atoms with Crippen molar-refractivity contribution in [3.8, 4) is 0 Å². The van der Waals surface area contributed by atoms with Gasteiger partial charge in [-0.1, -0.05) is 24.3 Å². The Bertz CT molecular complexity index is 305. The lowest BCUT2D eigenvalue weighted by molar-refractivity contribution is 0.254. The molecule has 0 amide bonds. The number of hydrogen-bond donors (Lipinski definition) is 2. The number of aliphatic hydroxyl groups excluding tert-OH is 1. The summed E-state index contributed by atoms with van der Waals surface area (Å²) in [6.07, 6.45) is 2.20. The Morgan fingerprint density at radius 2 is 2.00 bits per heavy atom. The van der Waals surface area contributed by atoms with Crippen LogP contribution in [-0.4, -0.2) is 11.7 Å². The fourth-order valence-electron chi connectivity index (χ4n) is 1.88. The van der Waals surface area contributed by atoms with Gasteiger partial charge in [-0.25, -0.2) is 0 Å². The molecular weight excluding hydrogens is 162 g/mol. The predicted octanol–water partition coefficient (Wildman–Crippen LogP) is 1.17. The smallest absolute Gasteiger partial charge is 0.0528 e. The third-order valence-corrected chi connectivity index (χ3v) is 2.96. The monoisotopic (exact) mass is 177 g/mol. The first kappa shape index (κ1) is 8.73. The molecule has 0 unspecified atom stereocenters. The molecule has 3 N–H and O–H groups in total. The van der Waals surface area contributed by atoms with Gasteiger partial charge in [0.05, 0.1) is 6.61 Å². The van der Waals surface area contributed by atoms with E-state index in [0.717, 1.165) is 12.8 Å². The maximum Gasteiger partial charge on any atom is 0.0528 e. The first-order valence-electron chi connectivity index (χ1n) is 4.72. The Morgan fingerprint density at radius 1 is 1.31 bits per heavy atom. The van der Waals surface area contributed by atoms with E-state index >= 15 is 0 Å². The van der Waals surface area contributed by atoms with Crippen LogP contribution in [0.2, 0.25) is 0 Å². The lowest BCUT2D eigenvalue weighted by Gasteiger charge is -2.15. The van der Waals surface area contributed by atoms with Crippen LogP contribution in [0.5, 0.6) is 0 Å². The summed E-state index contributed by atoms with van der Waals surface area (Å²) in [5.41, 5.74) is 8.12. The third kappa shape index (κ3) is 1.36. The molecule has 0 spiro atoms. The van der Waals surface area contributed by atoms with Crippen molar-refractivity contribution in [1.82, 2.24) is 0 Å². The summed E-state index contributed by atoms with van der Waals surface area (Å²) in [7, 11) is 0. The molecule has 0 heterocycles. The molecule has 1 fully saturated rings. The van der Waals surface area contributed by atoms with Crippen LogP contribution < -0.4 is 5.73 Å². The van der Waals surface area contributed by atoms with Crippen LogP contribution in [0.4, 0.5) is 0 Å². The molecule has 0 aliphatic heterocycles. The highest BCUT2D eigenvalue weighted by Gasteiger charge is 2.44. The summed E-state index contributed by atoms with van der Waals surface area (Å²) >= 11 is 0. The summed E-state index contributed by atoms with van der Waals surface area (Å²) in [6.45, 7) is 0.821. The van der Waals surface area contributed by atoms with Gasteiger partial charge in [0.1, 0.15) is 0 Å². The third-order valence-electron chi connectivity index (χ3n) is 2.96. The topological polar surface area (TPSA) is 46.2 Å². The summed E-state index contributed by atoms with van der Waals surface area (Å²) < 4.78 is 0. The van der Waals surface area contributed by atoms with E-state index < -0.39 is 0 Å². The van der Waals surface area contributed by atoms with Gasteiger partial charge < -0.3 is 10.8 Å². The average molecular weight is 177 g/mol. The molecule has 70 valence electrons. The van der Waals surface area contributed by atoms with Gasteiger partial charge in [0.2, 0.25) is 0 Å². The van der Waals surface area contributed by atoms with Crippen molar-refractivity contribution >= 4 is 0 Å². The number of nitrogens with two attached hydrogens (primary N) is 1. The molecule has 2 rings (SSSR count). The quantitative estimate of drug-likeness (QED) is 0.728. The minimum absolute atomic E-state index is 0.0516. The number of rotatable bonds is 3. The zero-order valence-electron chi connectivity index (χ0n) is 7.66. The molecule has 0 aromatic heterocycles. The van der Waals surface area contributed by atoms with Crippen LogP contribution in [0, 0.1) is 0 Å². The van der Waals surface area contributed by atoms with Gasteiger partial charge in [0, 0.05) is 12.0 Å². The zero-order valence-corrected chi connectivity index (χ0v) is 7.66. The van der Waals surface area contributed by atoms with E-state index in [2.05, 4.69) is 6.07 Å². The molecule has 1 aliphatic rings. The molecule has 1 aliphatic carbocycles. The summed E-state index contributed by atoms with van der Waals surface area (Å²) in [5, 5.41) is 9.29. The Kier molecular flexibility index (Phi) is 2.10. The number of hydrogen-bond acceptors (Lipinski definition) is 2. The fraction of sp³-hybridized carbons (Fsp3) is 0.455. The van der Waals surface area contributed by atoms with Crippen LogP contribution in [0.1, 0.15) is 24.0 Å². The summed E-state index contributed by atoms with van der Waals surface area (Å²) in [5.74, 6) is 0. The predicted molar refractivity (Wildman–Crippen MR) is 52.3 cm³/mol. The van der Waals surface area contributed by atoms with E-state index in [-0.39, 0.29) is 12.0 Å². The normalized spacial score (nSPS) is 18.6. The lowest BCUT2D eigenvalue weighted by Crippen LogP contribution is -2.15. The minimum atomic E-state index is 0.0516. The van der Waals surface area contributed by atoms with Crippen molar-refractivity contribution in [2.75, 3.05) is 6.61 Å². The Labute approximate surface area is 78.4 Å². The van der Waals surface area contributed by atoms with Crippen LogP contribution >= 0.6 is 0 Å². The first-order chi connectivity index (χ1) is 6.32. The van der Waals surface area contributed by atoms with Crippen molar-refractivity contribution in [2.24, 2.45) is 5.73 Å². The highest BCUT2D eigenvalue weighted by Crippen LogP contribution is 2.48. The van der Waals surface area contributed by atoms with Crippen molar-refractivity contribution in [3.05, 3.63) is 35.4 Å². The van der Waals surface area contributed by atoms with Crippen LogP contribution in [-0.2, 0) is 12.0 Å². The van der Waals surface area contributed by atoms with Crippen LogP contribution in [0.15, 0.2) is 24.3 Å². The SMILES string of the molecule is NCc1ccccc1C1(CO)CC1. The summed E-state index contributed by atoms with van der Waals surface area (Å²) in [6, 6.07) is 8.15. The van der Waals surface area contributed by atoms with E-state index in [4.69, 9.17) is 5.73 Å². The van der Waals surface area contributed by atoms with Gasteiger partial charge in [0.25, 0.3) is 0 Å². The molecule has 1 aromatic rings. The van der Waals surface area contributed by atoms with E-state index in [9.17, 15) is 5.11 Å². The molecule has 13 heavy (non-hydrogen) atoms. The molecule has 0 radical (unpaired) electrons. The Balaban J connectivity index is 2.39. The van der Waals surface area contributed by atoms with Crippen molar-refractivity contribution in [2.45, 2.75) is 24.8 Å². The second-order valence-electron chi connectivity index (χ2n) is 3.80. The highest BCUT2D eigenvalue weighted by molar-refractivity contribution is 5.38. The minimum Gasteiger partial charge on any atom is -0.395 e. The van der Waals surface area contributed by atoms with E-state index in [1.807, 2.05) is 18.2 Å². The maximum absolute atomic E-state index is 9.29. The van der Waals surface area contributed by atoms with Gasteiger partial charge in [-0.2, -0.15) is 0 Å². The molecular formula is C11H15NO. The van der Waals surface area contributed by atoms with E-state index in [1.54, 1.807) is 0 Å². The maximum atomic E-state index is 9.29. The molecule has 1 saturated carbocycles. The number of aliphatic hydroxyl groups is 1. The molecule has 0 bridgehead atoms. The van der Waals surface area contributed by atoms with Crippen molar-refractivity contribution < 1.29 is 5.11 Å². The molecule has 0 atom stereocenters. The zero-order chi connectivity index (χ0) is 9.31. The Hall–Kier alpha value is -0.860. The Morgan fingerprint density at radius 3 is 2.54 bits per heavy atom. The van der Waals surface area contributed by atoms with Crippen molar-refractivity contribution in [3.63, 3.8) is 0 Å². The van der Waals surface area contributed by atoms with E-state index in [1.165, 1.54) is 11.1 Å².